The minimum absolute atomic E-state index is 0.176. The Hall–Kier alpha value is -2.85. The molecule has 0 aliphatic heterocycles. The molecule has 1 atom stereocenters. The van der Waals surface area contributed by atoms with Crippen molar-refractivity contribution in [2.45, 2.75) is 50.2 Å². The summed E-state index contributed by atoms with van der Waals surface area (Å²) in [5.74, 6) is 0.159. The molecule has 0 saturated heterocycles. The number of anilines is 2. The predicted octanol–water partition coefficient (Wildman–Crippen LogP) is 3.43. The minimum atomic E-state index is -0.649. The number of aromatic nitrogens is 3. The molecular formula is C22H26N6O2S2. The second kappa shape index (κ2) is 9.74. The second-order valence-electron chi connectivity index (χ2n) is 7.74. The quantitative estimate of drug-likeness (QED) is 0.433. The number of nitrogen functional groups attached to an aromatic ring is 1. The summed E-state index contributed by atoms with van der Waals surface area (Å²) in [4.78, 5) is 26.3. The van der Waals surface area contributed by atoms with Crippen LogP contribution >= 0.6 is 23.1 Å². The molecule has 5 N–H and O–H groups in total. The van der Waals surface area contributed by atoms with Crippen molar-refractivity contribution in [2.75, 3.05) is 16.8 Å². The van der Waals surface area contributed by atoms with Gasteiger partial charge in [0.05, 0.1) is 5.56 Å². The number of benzene rings is 1. The maximum atomic E-state index is 13.1. The molecule has 1 aromatic carbocycles. The highest BCUT2D eigenvalue weighted by molar-refractivity contribution is 7.99. The number of nitrogens with zero attached hydrogens (tertiary/aromatic N) is 3. The van der Waals surface area contributed by atoms with Gasteiger partial charge in [-0.25, -0.2) is 0 Å². The summed E-state index contributed by atoms with van der Waals surface area (Å²) in [5.41, 5.74) is 14.3. The number of carbonyl (C=O) groups is 2. The minimum Gasteiger partial charge on any atom is -0.368 e. The average Bonchev–Trinajstić information content (AvgIpc) is 3.33. The van der Waals surface area contributed by atoms with Crippen molar-refractivity contribution in [1.29, 1.82) is 0 Å². The van der Waals surface area contributed by atoms with Crippen LogP contribution in [0.1, 0.15) is 52.2 Å². The van der Waals surface area contributed by atoms with Crippen molar-refractivity contribution >= 4 is 45.9 Å². The molecule has 10 heteroatoms. The van der Waals surface area contributed by atoms with Crippen LogP contribution in [-0.4, -0.2) is 32.3 Å². The van der Waals surface area contributed by atoms with Gasteiger partial charge in [0, 0.05) is 10.6 Å². The Kier molecular flexibility index (Phi) is 6.80. The van der Waals surface area contributed by atoms with Crippen LogP contribution in [0.2, 0.25) is 0 Å². The first-order valence-electron chi connectivity index (χ1n) is 10.6. The maximum absolute atomic E-state index is 13.1. The van der Waals surface area contributed by atoms with Crippen molar-refractivity contribution in [3.63, 3.8) is 0 Å². The van der Waals surface area contributed by atoms with Crippen molar-refractivity contribution in [2.24, 2.45) is 5.73 Å². The van der Waals surface area contributed by atoms with Gasteiger partial charge in [-0.15, -0.1) is 21.5 Å². The average molecular weight is 471 g/mol. The number of thiophene rings is 1. The summed E-state index contributed by atoms with van der Waals surface area (Å²) in [6.07, 6.45) is 4.69. The summed E-state index contributed by atoms with van der Waals surface area (Å²) in [6, 6.07) is 9.51. The van der Waals surface area contributed by atoms with E-state index in [1.165, 1.54) is 28.7 Å². The van der Waals surface area contributed by atoms with E-state index in [4.69, 9.17) is 11.5 Å². The molecule has 2 aromatic heterocycles. The van der Waals surface area contributed by atoms with E-state index in [9.17, 15) is 9.59 Å². The number of nitrogens with one attached hydrogen (secondary N) is 1. The Morgan fingerprint density at radius 3 is 2.72 bits per heavy atom. The second-order valence-corrected chi connectivity index (χ2v) is 9.91. The van der Waals surface area contributed by atoms with Crippen LogP contribution in [0.15, 0.2) is 35.5 Å². The molecule has 2 heterocycles. The van der Waals surface area contributed by atoms with Crippen LogP contribution in [0.4, 0.5) is 10.9 Å². The molecule has 0 saturated carbocycles. The van der Waals surface area contributed by atoms with Crippen LogP contribution in [-0.2, 0) is 24.1 Å². The van der Waals surface area contributed by atoms with Crippen LogP contribution in [0.25, 0.3) is 0 Å². The zero-order chi connectivity index (χ0) is 22.7. The number of nitrogens with two attached hydrogens (primary N) is 2. The van der Waals surface area contributed by atoms with Gasteiger partial charge in [-0.05, 0) is 50.2 Å². The highest BCUT2D eigenvalue weighted by Crippen LogP contribution is 2.38. The molecule has 1 aliphatic carbocycles. The molecule has 168 valence electrons. The number of thioether (sulfide) groups is 1. The molecular weight excluding hydrogens is 444 g/mol. The summed E-state index contributed by atoms with van der Waals surface area (Å²) in [7, 11) is 0. The summed E-state index contributed by atoms with van der Waals surface area (Å²) < 4.78 is 1.63. The zero-order valence-electron chi connectivity index (χ0n) is 17.8. The van der Waals surface area contributed by atoms with E-state index in [1.807, 2.05) is 18.2 Å². The van der Waals surface area contributed by atoms with Gasteiger partial charge in [-0.2, -0.15) is 0 Å². The third-order valence-electron chi connectivity index (χ3n) is 5.58. The lowest BCUT2D eigenvalue weighted by Crippen LogP contribution is -2.26. The standard InChI is InChI=1S/C22H26N6O2S2/c1-13(19(30)25-20-17(18(23)29)15-9-5-6-10-16(15)32-20)28-21(24)26-27-22(28)31-12-11-14-7-3-2-4-8-14/h2-4,7-8,13H,5-6,9-12H2,1H3,(H2,23,29)(H2,24,26)(H,25,30). The van der Waals surface area contributed by atoms with E-state index in [-0.39, 0.29) is 11.9 Å². The van der Waals surface area contributed by atoms with Crippen molar-refractivity contribution in [1.82, 2.24) is 14.8 Å². The van der Waals surface area contributed by atoms with E-state index < -0.39 is 11.9 Å². The number of aryl methyl sites for hydroxylation is 2. The number of fused-ring (bicyclic) bond motifs is 1. The van der Waals surface area contributed by atoms with E-state index in [1.54, 1.807) is 11.5 Å². The number of rotatable bonds is 8. The fourth-order valence-corrected chi connectivity index (χ4v) is 6.21. The van der Waals surface area contributed by atoms with Crippen LogP contribution in [0, 0.1) is 0 Å². The molecule has 2 amide bonds. The van der Waals surface area contributed by atoms with Gasteiger partial charge in [0.2, 0.25) is 11.9 Å². The summed E-state index contributed by atoms with van der Waals surface area (Å²) >= 11 is 2.95. The van der Waals surface area contributed by atoms with Crippen LogP contribution in [0.3, 0.4) is 0 Å². The Morgan fingerprint density at radius 2 is 1.97 bits per heavy atom. The van der Waals surface area contributed by atoms with Gasteiger partial charge >= 0.3 is 0 Å². The van der Waals surface area contributed by atoms with Crippen molar-refractivity contribution in [3.8, 4) is 0 Å². The van der Waals surface area contributed by atoms with E-state index in [2.05, 4.69) is 27.6 Å². The number of hydrogen-bond donors (Lipinski definition) is 3. The molecule has 8 nitrogen and oxygen atoms in total. The molecule has 1 aliphatic rings. The zero-order valence-corrected chi connectivity index (χ0v) is 19.5. The topological polar surface area (TPSA) is 129 Å². The third-order valence-corrected chi connectivity index (χ3v) is 7.73. The fraction of sp³-hybridized carbons (Fsp3) is 0.364. The Bertz CT molecular complexity index is 1130. The molecule has 3 aromatic rings. The lowest BCUT2D eigenvalue weighted by molar-refractivity contribution is -0.118. The van der Waals surface area contributed by atoms with Gasteiger partial charge in [0.25, 0.3) is 5.91 Å². The molecule has 4 rings (SSSR count). The van der Waals surface area contributed by atoms with Crippen LogP contribution in [0.5, 0.6) is 0 Å². The smallest absolute Gasteiger partial charge is 0.251 e. The van der Waals surface area contributed by atoms with Gasteiger partial charge in [-0.3, -0.25) is 14.2 Å². The lowest BCUT2D eigenvalue weighted by atomic mass is 9.95. The Labute approximate surface area is 194 Å². The van der Waals surface area contributed by atoms with E-state index in [0.717, 1.165) is 48.3 Å². The lowest BCUT2D eigenvalue weighted by Gasteiger charge is -2.16. The number of amides is 2. The first-order valence-corrected chi connectivity index (χ1v) is 12.4. The van der Waals surface area contributed by atoms with E-state index >= 15 is 0 Å². The van der Waals surface area contributed by atoms with Crippen molar-refractivity contribution in [3.05, 3.63) is 51.9 Å². The first-order chi connectivity index (χ1) is 15.5. The highest BCUT2D eigenvalue weighted by Gasteiger charge is 2.28. The molecule has 0 spiro atoms. The summed E-state index contributed by atoms with van der Waals surface area (Å²) in [6.45, 7) is 1.74. The fourth-order valence-electron chi connectivity index (χ4n) is 3.90. The van der Waals surface area contributed by atoms with Gasteiger partial charge in [0.15, 0.2) is 5.16 Å². The maximum Gasteiger partial charge on any atom is 0.251 e. The summed E-state index contributed by atoms with van der Waals surface area (Å²) in [5, 5.41) is 12.1. The van der Waals surface area contributed by atoms with Gasteiger partial charge in [-0.1, -0.05) is 42.1 Å². The normalized spacial score (nSPS) is 14.0. The SMILES string of the molecule is CC(C(=O)Nc1sc2c(c1C(N)=O)CCCC2)n1c(N)nnc1SCCc1ccccc1. The van der Waals surface area contributed by atoms with Gasteiger partial charge in [0.1, 0.15) is 11.0 Å². The number of hydrogen-bond acceptors (Lipinski definition) is 7. The molecule has 32 heavy (non-hydrogen) atoms. The number of carbonyl (C=O) groups excluding carboxylic acids is 2. The molecule has 0 fully saturated rings. The highest BCUT2D eigenvalue weighted by atomic mass is 32.2. The molecule has 0 radical (unpaired) electrons. The largest absolute Gasteiger partial charge is 0.368 e. The first kappa shape index (κ1) is 22.3. The monoisotopic (exact) mass is 470 g/mol. The predicted molar refractivity (Wildman–Crippen MR) is 128 cm³/mol. The molecule has 0 bridgehead atoms. The van der Waals surface area contributed by atoms with Gasteiger partial charge < -0.3 is 16.8 Å². The Morgan fingerprint density at radius 1 is 1.22 bits per heavy atom. The third kappa shape index (κ3) is 4.66. The van der Waals surface area contributed by atoms with E-state index in [0.29, 0.717) is 15.7 Å². The Balaban J connectivity index is 1.48. The van der Waals surface area contributed by atoms with Crippen molar-refractivity contribution < 1.29 is 9.59 Å². The molecule has 1 unspecified atom stereocenters. The number of primary amides is 1. The van der Waals surface area contributed by atoms with Crippen LogP contribution < -0.4 is 16.8 Å².